The van der Waals surface area contributed by atoms with Crippen LogP contribution in [0.1, 0.15) is 44.1 Å². The Balaban J connectivity index is 1.53. The van der Waals surface area contributed by atoms with Crippen LogP contribution in [0, 0.1) is 5.92 Å². The summed E-state index contributed by atoms with van der Waals surface area (Å²) in [5.41, 5.74) is 2.27. The summed E-state index contributed by atoms with van der Waals surface area (Å²) in [5, 5.41) is 19.5. The van der Waals surface area contributed by atoms with E-state index in [1.807, 2.05) is 18.2 Å². The van der Waals surface area contributed by atoms with E-state index in [0.717, 1.165) is 30.2 Å². The first-order valence-corrected chi connectivity index (χ1v) is 11.2. The zero-order valence-corrected chi connectivity index (χ0v) is 18.8. The summed E-state index contributed by atoms with van der Waals surface area (Å²) >= 11 is 5.90. The lowest BCUT2D eigenvalue weighted by Crippen LogP contribution is -2.41. The molecule has 1 saturated carbocycles. The highest BCUT2D eigenvalue weighted by atomic mass is 35.5. The molecule has 1 aliphatic carbocycles. The Morgan fingerprint density at radius 3 is 2.40 bits per heavy atom. The van der Waals surface area contributed by atoms with Crippen LogP contribution in [-0.4, -0.2) is 37.0 Å². The number of aromatic hydroxyl groups is 1. The van der Waals surface area contributed by atoms with Crippen molar-refractivity contribution in [3.8, 4) is 5.75 Å². The molecule has 0 bridgehead atoms. The topological polar surface area (TPSA) is 54.2 Å². The summed E-state index contributed by atoms with van der Waals surface area (Å²) in [6.45, 7) is 2.08. The molecule has 1 fully saturated rings. The zero-order chi connectivity index (χ0) is 21.4. The number of phenols is 1. The number of ether oxygens (including phenoxy) is 1. The third-order valence-corrected chi connectivity index (χ3v) is 5.86. The molecule has 0 spiro atoms. The van der Waals surface area contributed by atoms with Gasteiger partial charge in [-0.15, -0.1) is 0 Å². The molecular formula is C24H33ClN3O2+. The fourth-order valence-corrected chi connectivity index (χ4v) is 4.05. The normalized spacial score (nSPS) is 15.7. The molecule has 1 N–H and O–H groups in total. The summed E-state index contributed by atoms with van der Waals surface area (Å²) in [4.78, 5) is 0. The van der Waals surface area contributed by atoms with Crippen LogP contribution in [0.2, 0.25) is 5.02 Å². The molecule has 30 heavy (non-hydrogen) atoms. The fourth-order valence-electron chi connectivity index (χ4n) is 3.93. The number of nitrogens with zero attached hydrogens (tertiary/aromatic N) is 3. The molecule has 3 rings (SSSR count). The number of phenolic OH excluding ortho intramolecular Hbond substituents is 1. The summed E-state index contributed by atoms with van der Waals surface area (Å²) in [6.07, 6.45) is 8.00. The highest BCUT2D eigenvalue weighted by Crippen LogP contribution is 2.28. The second-order valence-electron chi connectivity index (χ2n) is 8.91. The molecule has 0 unspecified atom stereocenters. The number of rotatable bonds is 9. The van der Waals surface area contributed by atoms with Crippen molar-refractivity contribution in [2.45, 2.75) is 45.1 Å². The van der Waals surface area contributed by atoms with Gasteiger partial charge in [-0.05, 0) is 54.8 Å². The van der Waals surface area contributed by atoms with E-state index in [-0.39, 0.29) is 5.75 Å². The van der Waals surface area contributed by atoms with Crippen molar-refractivity contribution in [3.05, 3.63) is 53.1 Å². The Morgan fingerprint density at radius 2 is 1.67 bits per heavy atom. The average molecular weight is 431 g/mol. The molecule has 2 aromatic rings. The van der Waals surface area contributed by atoms with Crippen molar-refractivity contribution in [3.63, 3.8) is 0 Å². The molecule has 0 radical (unpaired) electrons. The van der Waals surface area contributed by atoms with Gasteiger partial charge in [0.25, 0.3) is 0 Å². The number of benzene rings is 2. The molecule has 1 aliphatic rings. The predicted molar refractivity (Wildman–Crippen MR) is 122 cm³/mol. The van der Waals surface area contributed by atoms with Crippen molar-refractivity contribution in [2.75, 3.05) is 27.4 Å². The highest BCUT2D eigenvalue weighted by Gasteiger charge is 2.20. The summed E-state index contributed by atoms with van der Waals surface area (Å²) in [6, 6.07) is 12.5. The van der Waals surface area contributed by atoms with Gasteiger partial charge in [-0.2, -0.15) is 10.2 Å². The monoisotopic (exact) mass is 430 g/mol. The van der Waals surface area contributed by atoms with Crippen molar-refractivity contribution in [1.29, 1.82) is 0 Å². The summed E-state index contributed by atoms with van der Waals surface area (Å²) in [7, 11) is 4.23. The van der Waals surface area contributed by atoms with Gasteiger partial charge in [0.1, 0.15) is 12.3 Å². The predicted octanol–water partition coefficient (Wildman–Crippen LogP) is 6.98. The van der Waals surface area contributed by atoms with Gasteiger partial charge in [0.2, 0.25) is 0 Å². The Hall–Kier alpha value is -1.95. The van der Waals surface area contributed by atoms with Crippen molar-refractivity contribution < 1.29 is 14.3 Å². The van der Waals surface area contributed by atoms with Crippen molar-refractivity contribution >= 4 is 23.0 Å². The molecule has 2 aromatic carbocycles. The van der Waals surface area contributed by atoms with Gasteiger partial charge in [0.15, 0.2) is 6.73 Å². The molecule has 0 atom stereocenters. The van der Waals surface area contributed by atoms with E-state index >= 15 is 0 Å². The second-order valence-corrected chi connectivity index (χ2v) is 9.35. The molecule has 0 amide bonds. The number of hydrogen-bond acceptors (Lipinski definition) is 4. The molecule has 0 saturated heterocycles. The molecule has 5 nitrogen and oxygen atoms in total. The molecule has 0 heterocycles. The minimum Gasteiger partial charge on any atom is -0.507 e. The lowest BCUT2D eigenvalue weighted by molar-refractivity contribution is -0.922. The zero-order valence-electron chi connectivity index (χ0n) is 18.1. The van der Waals surface area contributed by atoms with E-state index in [0.29, 0.717) is 28.5 Å². The fraction of sp³-hybridized carbons (Fsp3) is 0.500. The maximum atomic E-state index is 10.3. The van der Waals surface area contributed by atoms with Crippen LogP contribution in [0.4, 0.5) is 11.4 Å². The van der Waals surface area contributed by atoms with Crippen LogP contribution < -0.4 is 0 Å². The minimum absolute atomic E-state index is 0.272. The van der Waals surface area contributed by atoms with Crippen LogP contribution in [-0.2, 0) is 11.3 Å². The van der Waals surface area contributed by atoms with Crippen LogP contribution >= 0.6 is 11.6 Å². The molecule has 6 heteroatoms. The summed E-state index contributed by atoms with van der Waals surface area (Å²) < 4.78 is 6.63. The van der Waals surface area contributed by atoms with Gasteiger partial charge < -0.3 is 14.3 Å². The molecule has 0 aliphatic heterocycles. The number of azo groups is 1. The first-order chi connectivity index (χ1) is 14.4. The Kier molecular flexibility index (Phi) is 8.25. The maximum Gasteiger partial charge on any atom is 0.182 e. The van der Waals surface area contributed by atoms with Crippen LogP contribution in [0.3, 0.4) is 0 Å². The van der Waals surface area contributed by atoms with E-state index < -0.39 is 0 Å². The van der Waals surface area contributed by atoms with E-state index in [9.17, 15) is 5.11 Å². The Labute approximate surface area is 184 Å². The Morgan fingerprint density at radius 1 is 1.00 bits per heavy atom. The molecular weight excluding hydrogens is 398 g/mol. The molecule has 0 aromatic heterocycles. The smallest absolute Gasteiger partial charge is 0.182 e. The third-order valence-electron chi connectivity index (χ3n) is 5.60. The lowest BCUT2D eigenvalue weighted by Gasteiger charge is -2.30. The van der Waals surface area contributed by atoms with Crippen molar-refractivity contribution in [1.82, 2.24) is 0 Å². The molecule has 162 valence electrons. The van der Waals surface area contributed by atoms with Crippen LogP contribution in [0.25, 0.3) is 0 Å². The minimum atomic E-state index is 0.272. The Bertz CT molecular complexity index is 831. The SMILES string of the molecule is C[N+](C)(COCCC1CCCCC1)Cc1cc(N=Nc2ccc(Cl)cc2)ccc1O. The van der Waals surface area contributed by atoms with E-state index in [1.165, 1.54) is 32.1 Å². The first kappa shape index (κ1) is 22.7. The average Bonchev–Trinajstić information content (AvgIpc) is 2.73. The lowest BCUT2D eigenvalue weighted by atomic mass is 9.87. The van der Waals surface area contributed by atoms with E-state index in [4.69, 9.17) is 16.3 Å². The van der Waals surface area contributed by atoms with Gasteiger partial charge in [-0.1, -0.05) is 43.7 Å². The van der Waals surface area contributed by atoms with E-state index in [2.05, 4.69) is 24.3 Å². The van der Waals surface area contributed by atoms with Gasteiger partial charge in [-0.3, -0.25) is 0 Å². The highest BCUT2D eigenvalue weighted by molar-refractivity contribution is 6.30. The van der Waals surface area contributed by atoms with Gasteiger partial charge in [-0.25, -0.2) is 0 Å². The first-order valence-electron chi connectivity index (χ1n) is 10.8. The standard InChI is InChI=1S/C24H32ClN3O2/c1-28(2,18-30-15-14-19-6-4-3-5-7-19)17-20-16-23(12-13-24(20)29)27-26-22-10-8-21(25)9-11-22/h8-13,16,19H,3-7,14-15,17-18H2,1-2H3/p+1. The van der Waals surface area contributed by atoms with E-state index in [1.54, 1.807) is 24.3 Å². The van der Waals surface area contributed by atoms with Crippen molar-refractivity contribution in [2.24, 2.45) is 16.1 Å². The summed E-state index contributed by atoms with van der Waals surface area (Å²) in [5.74, 6) is 1.11. The maximum absolute atomic E-state index is 10.3. The third kappa shape index (κ3) is 7.38. The van der Waals surface area contributed by atoms with Gasteiger partial charge >= 0.3 is 0 Å². The van der Waals surface area contributed by atoms with Crippen LogP contribution in [0.15, 0.2) is 52.7 Å². The van der Waals surface area contributed by atoms with Crippen LogP contribution in [0.5, 0.6) is 5.75 Å². The number of hydrogen-bond donors (Lipinski definition) is 1. The number of quaternary nitrogens is 1. The quantitative estimate of drug-likeness (QED) is 0.202. The van der Waals surface area contributed by atoms with Gasteiger partial charge in [0.05, 0.1) is 37.6 Å². The largest absolute Gasteiger partial charge is 0.507 e. The van der Waals surface area contributed by atoms with Gasteiger partial charge in [0, 0.05) is 5.02 Å². The number of halogens is 1. The second kappa shape index (κ2) is 10.9.